The van der Waals surface area contributed by atoms with Gasteiger partial charge < -0.3 is 9.47 Å². The van der Waals surface area contributed by atoms with E-state index in [0.29, 0.717) is 0 Å². The number of fused-ring (bicyclic) bond motifs is 2. The SMILES string of the molecule is CC(Oc1cccc2c1S(=O)(=O)c1ccccc1O2)C(F)(F)F. The molecule has 0 aliphatic carbocycles. The van der Waals surface area contributed by atoms with Crippen molar-refractivity contribution in [1.29, 1.82) is 0 Å². The molecule has 0 spiro atoms. The van der Waals surface area contributed by atoms with E-state index in [1.165, 1.54) is 36.4 Å². The van der Waals surface area contributed by atoms with Crippen LogP contribution in [0, 0.1) is 0 Å². The molecular weight excluding hydrogens is 333 g/mol. The molecule has 4 nitrogen and oxygen atoms in total. The second kappa shape index (κ2) is 5.16. The Morgan fingerprint density at radius 3 is 2.39 bits per heavy atom. The van der Waals surface area contributed by atoms with Crippen LogP contribution in [0.3, 0.4) is 0 Å². The molecule has 3 rings (SSSR count). The minimum absolute atomic E-state index is 0.0597. The fraction of sp³-hybridized carbons (Fsp3) is 0.200. The summed E-state index contributed by atoms with van der Waals surface area (Å²) in [4.78, 5) is -0.502. The van der Waals surface area contributed by atoms with Gasteiger partial charge in [0.1, 0.15) is 22.1 Å². The van der Waals surface area contributed by atoms with E-state index in [2.05, 4.69) is 0 Å². The topological polar surface area (TPSA) is 52.6 Å². The number of hydrogen-bond donors (Lipinski definition) is 0. The lowest BCUT2D eigenvalue weighted by Crippen LogP contribution is -2.31. The Labute approximate surface area is 130 Å². The number of ether oxygens (including phenoxy) is 2. The maximum atomic E-state index is 12.7. The molecule has 1 atom stereocenters. The fourth-order valence-electron chi connectivity index (χ4n) is 2.18. The Morgan fingerprint density at radius 2 is 1.70 bits per heavy atom. The molecule has 122 valence electrons. The van der Waals surface area contributed by atoms with Crippen LogP contribution in [0.5, 0.6) is 17.2 Å². The lowest BCUT2D eigenvalue weighted by atomic mass is 10.3. The van der Waals surface area contributed by atoms with E-state index in [1.54, 1.807) is 6.07 Å². The van der Waals surface area contributed by atoms with Crippen molar-refractivity contribution in [2.45, 2.75) is 29.0 Å². The van der Waals surface area contributed by atoms with Crippen LogP contribution in [0.2, 0.25) is 0 Å². The van der Waals surface area contributed by atoms with E-state index >= 15 is 0 Å². The predicted octanol–water partition coefficient (Wildman–Crippen LogP) is 3.95. The monoisotopic (exact) mass is 344 g/mol. The summed E-state index contributed by atoms with van der Waals surface area (Å²) < 4.78 is 73.8. The largest absolute Gasteiger partial charge is 0.480 e. The van der Waals surface area contributed by atoms with E-state index < -0.39 is 27.0 Å². The maximum Gasteiger partial charge on any atom is 0.425 e. The zero-order valence-electron chi connectivity index (χ0n) is 11.8. The molecule has 0 amide bonds. The first-order valence-electron chi connectivity index (χ1n) is 6.59. The number of halogens is 3. The van der Waals surface area contributed by atoms with Crippen LogP contribution in [-0.4, -0.2) is 20.7 Å². The van der Waals surface area contributed by atoms with Crippen molar-refractivity contribution in [3.05, 3.63) is 42.5 Å². The molecule has 1 aliphatic heterocycles. The van der Waals surface area contributed by atoms with Gasteiger partial charge in [0.2, 0.25) is 9.84 Å². The van der Waals surface area contributed by atoms with Crippen molar-refractivity contribution in [3.63, 3.8) is 0 Å². The highest BCUT2D eigenvalue weighted by Crippen LogP contribution is 2.46. The molecule has 1 aliphatic rings. The highest BCUT2D eigenvalue weighted by atomic mass is 32.2. The van der Waals surface area contributed by atoms with Gasteiger partial charge in [-0.25, -0.2) is 8.42 Å². The van der Waals surface area contributed by atoms with Crippen LogP contribution < -0.4 is 9.47 Å². The van der Waals surface area contributed by atoms with Gasteiger partial charge in [0, 0.05) is 0 Å². The summed E-state index contributed by atoms with van der Waals surface area (Å²) in [7, 11) is -4.04. The summed E-state index contributed by atoms with van der Waals surface area (Å²) in [5.41, 5.74) is 0. The second-order valence-corrected chi connectivity index (χ2v) is 6.79. The standard InChI is InChI=1S/C15H11F3O4S/c1-9(15(16,17)18)21-11-6-4-7-12-14(11)23(19,20)13-8-3-2-5-10(13)22-12/h2-9H,1H3. The Kier molecular flexibility index (Phi) is 3.51. The van der Waals surface area contributed by atoms with E-state index in [4.69, 9.17) is 9.47 Å². The molecule has 23 heavy (non-hydrogen) atoms. The van der Waals surface area contributed by atoms with Gasteiger partial charge in [-0.15, -0.1) is 0 Å². The van der Waals surface area contributed by atoms with Crippen LogP contribution in [0.1, 0.15) is 6.92 Å². The van der Waals surface area contributed by atoms with Crippen molar-refractivity contribution < 1.29 is 31.1 Å². The smallest absolute Gasteiger partial charge is 0.425 e. The van der Waals surface area contributed by atoms with Crippen molar-refractivity contribution in [3.8, 4) is 17.2 Å². The van der Waals surface area contributed by atoms with Crippen LogP contribution in [0.4, 0.5) is 13.2 Å². The van der Waals surface area contributed by atoms with Gasteiger partial charge >= 0.3 is 6.18 Å². The van der Waals surface area contributed by atoms with Gasteiger partial charge in [0.25, 0.3) is 0 Å². The average Bonchev–Trinajstić information content (AvgIpc) is 2.46. The van der Waals surface area contributed by atoms with E-state index in [1.807, 2.05) is 0 Å². The van der Waals surface area contributed by atoms with Gasteiger partial charge in [-0.05, 0) is 31.2 Å². The van der Waals surface area contributed by atoms with Gasteiger partial charge in [0.05, 0.1) is 0 Å². The van der Waals surface area contributed by atoms with E-state index in [0.717, 1.165) is 6.92 Å². The van der Waals surface area contributed by atoms with E-state index in [-0.39, 0.29) is 22.1 Å². The molecule has 1 unspecified atom stereocenters. The van der Waals surface area contributed by atoms with E-state index in [9.17, 15) is 21.6 Å². The first-order chi connectivity index (χ1) is 10.7. The number of hydrogen-bond acceptors (Lipinski definition) is 4. The summed E-state index contributed by atoms with van der Waals surface area (Å²) in [6, 6.07) is 9.84. The normalized spacial score (nSPS) is 16.7. The average molecular weight is 344 g/mol. The highest BCUT2D eigenvalue weighted by Gasteiger charge is 2.40. The second-order valence-electron chi connectivity index (χ2n) is 4.94. The van der Waals surface area contributed by atoms with Crippen LogP contribution >= 0.6 is 0 Å². The minimum Gasteiger partial charge on any atom is -0.480 e. The van der Waals surface area contributed by atoms with Crippen molar-refractivity contribution in [2.24, 2.45) is 0 Å². The summed E-state index contributed by atoms with van der Waals surface area (Å²) in [6.45, 7) is 0.809. The number of para-hydroxylation sites is 1. The zero-order valence-corrected chi connectivity index (χ0v) is 12.6. The molecule has 8 heteroatoms. The Bertz CT molecular complexity index is 859. The van der Waals surface area contributed by atoms with Crippen molar-refractivity contribution >= 4 is 9.84 Å². The van der Waals surface area contributed by atoms with Crippen molar-refractivity contribution in [2.75, 3.05) is 0 Å². The van der Waals surface area contributed by atoms with Crippen LogP contribution in [0.25, 0.3) is 0 Å². The highest BCUT2D eigenvalue weighted by molar-refractivity contribution is 7.91. The summed E-state index contributed by atoms with van der Waals surface area (Å²) in [5.74, 6) is -0.321. The minimum atomic E-state index is -4.61. The number of benzene rings is 2. The molecule has 0 N–H and O–H groups in total. The van der Waals surface area contributed by atoms with Crippen molar-refractivity contribution in [1.82, 2.24) is 0 Å². The molecule has 2 aromatic carbocycles. The van der Waals surface area contributed by atoms with Gasteiger partial charge in [-0.1, -0.05) is 18.2 Å². The fourth-order valence-corrected chi connectivity index (χ4v) is 3.78. The van der Waals surface area contributed by atoms with Crippen LogP contribution in [-0.2, 0) is 9.84 Å². The number of rotatable bonds is 2. The zero-order chi connectivity index (χ0) is 16.8. The third-order valence-electron chi connectivity index (χ3n) is 3.33. The lowest BCUT2D eigenvalue weighted by Gasteiger charge is -2.24. The third kappa shape index (κ3) is 2.63. The summed E-state index contributed by atoms with van der Waals surface area (Å²) >= 11 is 0. The summed E-state index contributed by atoms with van der Waals surface area (Å²) in [6.07, 6.45) is -6.76. The number of alkyl halides is 3. The molecule has 0 radical (unpaired) electrons. The Hall–Kier alpha value is -2.22. The predicted molar refractivity (Wildman–Crippen MR) is 74.6 cm³/mol. The molecule has 0 aromatic heterocycles. The quantitative estimate of drug-likeness (QED) is 0.706. The molecule has 1 heterocycles. The van der Waals surface area contributed by atoms with Gasteiger partial charge in [0.15, 0.2) is 11.0 Å². The summed E-state index contributed by atoms with van der Waals surface area (Å²) in [5, 5.41) is 0. The first kappa shape index (κ1) is 15.7. The molecule has 0 bridgehead atoms. The number of sulfone groups is 1. The first-order valence-corrected chi connectivity index (χ1v) is 8.08. The third-order valence-corrected chi connectivity index (χ3v) is 5.19. The molecule has 0 saturated heterocycles. The molecule has 2 aromatic rings. The maximum absolute atomic E-state index is 12.7. The Morgan fingerprint density at radius 1 is 1.04 bits per heavy atom. The molecular formula is C15H11F3O4S. The lowest BCUT2D eigenvalue weighted by molar-refractivity contribution is -0.189. The Balaban J connectivity index is 2.13. The van der Waals surface area contributed by atoms with Gasteiger partial charge in [-0.3, -0.25) is 0 Å². The molecule has 0 saturated carbocycles. The van der Waals surface area contributed by atoms with Gasteiger partial charge in [-0.2, -0.15) is 13.2 Å². The van der Waals surface area contributed by atoms with Crippen LogP contribution in [0.15, 0.2) is 52.3 Å². The molecule has 0 fully saturated rings.